The van der Waals surface area contributed by atoms with E-state index in [2.05, 4.69) is 15.3 Å². The van der Waals surface area contributed by atoms with Gasteiger partial charge in [-0.2, -0.15) is 0 Å². The highest BCUT2D eigenvalue weighted by Gasteiger charge is 2.10. The number of carboxylic acid groups (broad SMARTS) is 1. The summed E-state index contributed by atoms with van der Waals surface area (Å²) in [7, 11) is 0. The first-order valence-corrected chi connectivity index (χ1v) is 7.18. The highest BCUT2D eigenvalue weighted by molar-refractivity contribution is 7.18. The van der Waals surface area contributed by atoms with Crippen molar-refractivity contribution in [1.29, 1.82) is 0 Å². The van der Waals surface area contributed by atoms with Crippen LogP contribution in [-0.2, 0) is 0 Å². The highest BCUT2D eigenvalue weighted by atomic mass is 32.1. The average molecular weight is 299 g/mol. The van der Waals surface area contributed by atoms with Gasteiger partial charge < -0.3 is 10.4 Å². The number of anilines is 2. The van der Waals surface area contributed by atoms with Gasteiger partial charge in [0.2, 0.25) is 0 Å². The number of thiophene rings is 1. The van der Waals surface area contributed by atoms with Crippen LogP contribution in [0, 0.1) is 13.8 Å². The number of hydrogen-bond acceptors (Lipinski definition) is 5. The largest absolute Gasteiger partial charge is 0.478 e. The molecule has 2 N–H and O–H groups in total. The first-order valence-electron chi connectivity index (χ1n) is 6.36. The number of carboxylic acids is 1. The van der Waals surface area contributed by atoms with Crippen LogP contribution in [0.25, 0.3) is 10.2 Å². The van der Waals surface area contributed by atoms with E-state index in [9.17, 15) is 9.90 Å². The minimum Gasteiger partial charge on any atom is -0.478 e. The first kappa shape index (κ1) is 13.5. The van der Waals surface area contributed by atoms with Crippen LogP contribution in [0.4, 0.5) is 11.5 Å². The molecule has 3 rings (SSSR count). The fourth-order valence-electron chi connectivity index (χ4n) is 2.14. The van der Waals surface area contributed by atoms with Gasteiger partial charge >= 0.3 is 5.97 Å². The molecule has 0 saturated heterocycles. The van der Waals surface area contributed by atoms with Crippen LogP contribution in [0.1, 0.15) is 20.8 Å². The van der Waals surface area contributed by atoms with E-state index in [0.717, 1.165) is 20.7 Å². The Morgan fingerprint density at radius 3 is 2.81 bits per heavy atom. The number of aromatic nitrogens is 2. The Morgan fingerprint density at radius 1 is 1.24 bits per heavy atom. The molecule has 0 spiro atoms. The van der Waals surface area contributed by atoms with Gasteiger partial charge in [-0.1, -0.05) is 6.07 Å². The number of benzene rings is 1. The van der Waals surface area contributed by atoms with Gasteiger partial charge in [0.25, 0.3) is 0 Å². The summed E-state index contributed by atoms with van der Waals surface area (Å²) in [5.41, 5.74) is 1.71. The number of hydrogen-bond donors (Lipinski definition) is 2. The molecular weight excluding hydrogens is 286 g/mol. The first-order chi connectivity index (χ1) is 10.0. The second-order valence-electron chi connectivity index (χ2n) is 4.76. The Kier molecular flexibility index (Phi) is 3.31. The number of nitrogens with one attached hydrogen (secondary N) is 1. The third-order valence-electron chi connectivity index (χ3n) is 3.18. The number of fused-ring (bicyclic) bond motifs is 1. The van der Waals surface area contributed by atoms with Crippen molar-refractivity contribution in [3.05, 3.63) is 46.6 Å². The molecule has 0 aliphatic rings. The van der Waals surface area contributed by atoms with Gasteiger partial charge in [0.15, 0.2) is 0 Å². The summed E-state index contributed by atoms with van der Waals surface area (Å²) in [6.07, 6.45) is 1.51. The van der Waals surface area contributed by atoms with Crippen LogP contribution < -0.4 is 5.32 Å². The van der Waals surface area contributed by atoms with Crippen molar-refractivity contribution in [3.8, 4) is 0 Å². The SMILES string of the molecule is Cc1cc2c(Nc3ccc(C)c(C(=O)O)c3)ncnc2s1. The van der Waals surface area contributed by atoms with E-state index in [1.807, 2.05) is 19.1 Å². The highest BCUT2D eigenvalue weighted by Crippen LogP contribution is 2.29. The third kappa shape index (κ3) is 2.57. The minimum atomic E-state index is -0.935. The zero-order chi connectivity index (χ0) is 15.0. The maximum absolute atomic E-state index is 11.2. The summed E-state index contributed by atoms with van der Waals surface area (Å²) in [6.45, 7) is 3.79. The summed E-state index contributed by atoms with van der Waals surface area (Å²) in [5.74, 6) is -0.250. The maximum atomic E-state index is 11.2. The van der Waals surface area contributed by atoms with Gasteiger partial charge in [-0.05, 0) is 37.6 Å². The van der Waals surface area contributed by atoms with Gasteiger partial charge in [0.1, 0.15) is 17.0 Å². The summed E-state index contributed by atoms with van der Waals surface area (Å²) in [6, 6.07) is 7.26. The van der Waals surface area contributed by atoms with Crippen LogP contribution in [0.15, 0.2) is 30.6 Å². The second kappa shape index (κ2) is 5.14. The lowest BCUT2D eigenvalue weighted by Gasteiger charge is -2.08. The zero-order valence-electron chi connectivity index (χ0n) is 11.5. The lowest BCUT2D eigenvalue weighted by molar-refractivity contribution is 0.0696. The molecular formula is C15H13N3O2S. The number of carbonyl (C=O) groups is 1. The lowest BCUT2D eigenvalue weighted by atomic mass is 10.1. The summed E-state index contributed by atoms with van der Waals surface area (Å²) in [4.78, 5) is 21.7. The molecule has 0 aliphatic carbocycles. The van der Waals surface area contributed by atoms with Gasteiger partial charge in [-0.25, -0.2) is 14.8 Å². The molecule has 3 aromatic rings. The number of nitrogens with zero attached hydrogens (tertiary/aromatic N) is 2. The fourth-order valence-corrected chi connectivity index (χ4v) is 2.99. The Balaban J connectivity index is 2.02. The van der Waals surface area contributed by atoms with E-state index in [4.69, 9.17) is 0 Å². The van der Waals surface area contributed by atoms with Crippen LogP contribution >= 0.6 is 11.3 Å². The van der Waals surface area contributed by atoms with Gasteiger partial charge in [-0.3, -0.25) is 0 Å². The van der Waals surface area contributed by atoms with Crippen molar-refractivity contribution >= 4 is 39.0 Å². The maximum Gasteiger partial charge on any atom is 0.336 e. The van der Waals surface area contributed by atoms with Gasteiger partial charge in [0.05, 0.1) is 10.9 Å². The number of rotatable bonds is 3. The monoisotopic (exact) mass is 299 g/mol. The fraction of sp³-hybridized carbons (Fsp3) is 0.133. The minimum absolute atomic E-state index is 0.284. The van der Waals surface area contributed by atoms with Crippen LogP contribution in [-0.4, -0.2) is 21.0 Å². The Hall–Kier alpha value is -2.47. The van der Waals surface area contributed by atoms with E-state index in [-0.39, 0.29) is 5.56 Å². The molecule has 1 aromatic carbocycles. The molecule has 0 unspecified atom stereocenters. The molecule has 0 radical (unpaired) electrons. The van der Waals surface area contributed by atoms with Crippen LogP contribution in [0.3, 0.4) is 0 Å². The molecule has 2 heterocycles. The predicted molar refractivity (Wildman–Crippen MR) is 83.6 cm³/mol. The van der Waals surface area contributed by atoms with Crippen molar-refractivity contribution < 1.29 is 9.90 Å². The van der Waals surface area contributed by atoms with Crippen molar-refractivity contribution in [3.63, 3.8) is 0 Å². The molecule has 6 heteroatoms. The third-order valence-corrected chi connectivity index (χ3v) is 4.14. The normalized spacial score (nSPS) is 10.8. The number of aromatic carboxylic acids is 1. The van der Waals surface area contributed by atoms with E-state index in [0.29, 0.717) is 11.5 Å². The van der Waals surface area contributed by atoms with Gasteiger partial charge in [-0.15, -0.1) is 11.3 Å². The average Bonchev–Trinajstić information content (AvgIpc) is 2.82. The topological polar surface area (TPSA) is 75.1 Å². The standard InChI is InChI=1S/C15H13N3O2S/c1-8-3-4-10(6-11(8)15(19)20)18-13-12-5-9(2)21-14(12)17-7-16-13/h3-7H,1-2H3,(H,19,20)(H,16,17,18). The Labute approximate surface area is 125 Å². The molecule has 0 saturated carbocycles. The molecule has 0 atom stereocenters. The molecule has 0 fully saturated rings. The molecule has 106 valence electrons. The quantitative estimate of drug-likeness (QED) is 0.770. The number of aryl methyl sites for hydroxylation is 2. The van der Waals surface area contributed by atoms with E-state index in [1.165, 1.54) is 6.33 Å². The Bertz CT molecular complexity index is 842. The van der Waals surface area contributed by atoms with Crippen LogP contribution in [0.2, 0.25) is 0 Å². The van der Waals surface area contributed by atoms with Crippen molar-refractivity contribution in [2.24, 2.45) is 0 Å². The summed E-state index contributed by atoms with van der Waals surface area (Å²) < 4.78 is 0. The molecule has 0 bridgehead atoms. The molecule has 2 aromatic heterocycles. The molecule has 21 heavy (non-hydrogen) atoms. The second-order valence-corrected chi connectivity index (χ2v) is 5.99. The molecule has 0 aliphatic heterocycles. The molecule has 0 amide bonds. The predicted octanol–water partition coefficient (Wildman–Crippen LogP) is 3.75. The van der Waals surface area contributed by atoms with Crippen LogP contribution in [0.5, 0.6) is 0 Å². The van der Waals surface area contributed by atoms with Crippen molar-refractivity contribution in [2.75, 3.05) is 5.32 Å². The van der Waals surface area contributed by atoms with Gasteiger partial charge in [0, 0.05) is 10.6 Å². The lowest BCUT2D eigenvalue weighted by Crippen LogP contribution is -2.02. The zero-order valence-corrected chi connectivity index (χ0v) is 12.4. The van der Waals surface area contributed by atoms with E-state index in [1.54, 1.807) is 30.4 Å². The summed E-state index contributed by atoms with van der Waals surface area (Å²) >= 11 is 1.60. The smallest absolute Gasteiger partial charge is 0.336 e. The Morgan fingerprint density at radius 2 is 2.05 bits per heavy atom. The molecule has 5 nitrogen and oxygen atoms in total. The summed E-state index contributed by atoms with van der Waals surface area (Å²) in [5, 5.41) is 13.3. The van der Waals surface area contributed by atoms with E-state index >= 15 is 0 Å². The van der Waals surface area contributed by atoms with E-state index < -0.39 is 5.97 Å². The van der Waals surface area contributed by atoms with Crippen molar-refractivity contribution in [2.45, 2.75) is 13.8 Å². The van der Waals surface area contributed by atoms with Crippen molar-refractivity contribution in [1.82, 2.24) is 9.97 Å².